The number of rotatable bonds is 9. The molecule has 29 heavy (non-hydrogen) atoms. The summed E-state index contributed by atoms with van der Waals surface area (Å²) in [6.07, 6.45) is 0. The fraction of sp³-hybridized carbons (Fsp3) is 0.250. The number of amides is 1. The van der Waals surface area contributed by atoms with Gasteiger partial charge in [-0.1, -0.05) is 54.2 Å². The molecule has 1 aromatic heterocycles. The number of thioether (sulfide) groups is 1. The Balaban J connectivity index is 1.50. The van der Waals surface area contributed by atoms with E-state index in [2.05, 4.69) is 20.3 Å². The van der Waals surface area contributed by atoms with Gasteiger partial charge in [-0.05, 0) is 30.2 Å². The second kappa shape index (κ2) is 10.0. The summed E-state index contributed by atoms with van der Waals surface area (Å²) in [7, 11) is 0. The number of alkyl halides is 2. The van der Waals surface area contributed by atoms with Crippen LogP contribution in [0, 0.1) is 6.92 Å². The highest BCUT2D eigenvalue weighted by Crippen LogP contribution is 2.19. The molecule has 0 saturated carbocycles. The van der Waals surface area contributed by atoms with Crippen molar-refractivity contribution < 1.29 is 18.3 Å². The summed E-state index contributed by atoms with van der Waals surface area (Å²) < 4.78 is 30.6. The molecule has 2 aromatic carbocycles. The van der Waals surface area contributed by atoms with Gasteiger partial charge in [0.1, 0.15) is 11.6 Å². The first-order valence-corrected chi connectivity index (χ1v) is 9.87. The first kappa shape index (κ1) is 20.8. The topological polar surface area (TPSA) is 69.0 Å². The van der Waals surface area contributed by atoms with Gasteiger partial charge < -0.3 is 14.6 Å². The van der Waals surface area contributed by atoms with Crippen LogP contribution < -0.4 is 10.1 Å². The van der Waals surface area contributed by atoms with E-state index in [1.54, 1.807) is 12.1 Å². The van der Waals surface area contributed by atoms with Crippen LogP contribution in [0.15, 0.2) is 59.8 Å². The normalized spacial score (nSPS) is 10.9. The zero-order chi connectivity index (χ0) is 20.6. The Bertz CT molecular complexity index is 933. The summed E-state index contributed by atoms with van der Waals surface area (Å²) in [5.41, 5.74) is 1.91. The highest BCUT2D eigenvalue weighted by molar-refractivity contribution is 7.99. The molecule has 3 aromatic rings. The average molecular weight is 418 g/mol. The van der Waals surface area contributed by atoms with Gasteiger partial charge in [0.15, 0.2) is 5.16 Å². The van der Waals surface area contributed by atoms with Crippen LogP contribution >= 0.6 is 11.8 Å². The number of nitrogens with zero attached hydrogens (tertiary/aromatic N) is 3. The Morgan fingerprint density at radius 1 is 1.10 bits per heavy atom. The van der Waals surface area contributed by atoms with Crippen LogP contribution in [-0.2, 0) is 17.9 Å². The number of nitrogens with one attached hydrogen (secondary N) is 1. The lowest BCUT2D eigenvalue weighted by molar-refractivity contribution is -0.118. The molecule has 0 bridgehead atoms. The van der Waals surface area contributed by atoms with Crippen LogP contribution in [-0.4, -0.2) is 33.0 Å². The molecule has 6 nitrogen and oxygen atoms in total. The number of hydrogen-bond acceptors (Lipinski definition) is 5. The molecule has 0 unspecified atom stereocenters. The van der Waals surface area contributed by atoms with Crippen molar-refractivity contribution in [2.24, 2.45) is 0 Å². The minimum Gasteiger partial charge on any atom is -0.435 e. The second-order valence-corrected chi connectivity index (χ2v) is 7.13. The smallest absolute Gasteiger partial charge is 0.387 e. The van der Waals surface area contributed by atoms with Crippen molar-refractivity contribution in [1.82, 2.24) is 20.1 Å². The van der Waals surface area contributed by atoms with E-state index in [0.717, 1.165) is 17.0 Å². The van der Waals surface area contributed by atoms with Crippen molar-refractivity contribution in [1.29, 1.82) is 0 Å². The van der Waals surface area contributed by atoms with Gasteiger partial charge in [-0.15, -0.1) is 10.2 Å². The lowest BCUT2D eigenvalue weighted by atomic mass is 10.2. The molecule has 3 rings (SSSR count). The molecule has 0 atom stereocenters. The Morgan fingerprint density at radius 2 is 1.83 bits per heavy atom. The summed E-state index contributed by atoms with van der Waals surface area (Å²) in [6, 6.07) is 16.1. The molecule has 0 aliphatic heterocycles. The van der Waals surface area contributed by atoms with Gasteiger partial charge in [-0.3, -0.25) is 4.79 Å². The minimum atomic E-state index is -2.86. The molecule has 0 saturated heterocycles. The van der Waals surface area contributed by atoms with Gasteiger partial charge >= 0.3 is 6.61 Å². The quantitative estimate of drug-likeness (QED) is 0.538. The summed E-state index contributed by atoms with van der Waals surface area (Å²) in [6.45, 7) is -0.0486. The molecule has 1 amide bonds. The maximum Gasteiger partial charge on any atom is 0.387 e. The number of carbonyl (C=O) groups excluding carboxylic acids is 1. The largest absolute Gasteiger partial charge is 0.435 e. The molecule has 0 radical (unpaired) electrons. The SMILES string of the molecule is Cc1nnc(SCC(=O)NCc2ccc(OC(F)F)cc2)n1Cc1ccccc1. The predicted molar refractivity (Wildman–Crippen MR) is 106 cm³/mol. The molecular weight excluding hydrogens is 398 g/mol. The molecule has 0 fully saturated rings. The van der Waals surface area contributed by atoms with Crippen molar-refractivity contribution in [3.05, 3.63) is 71.5 Å². The fourth-order valence-corrected chi connectivity index (χ4v) is 3.40. The molecule has 0 aliphatic carbocycles. The summed E-state index contributed by atoms with van der Waals surface area (Å²) in [5.74, 6) is 0.899. The number of carbonyl (C=O) groups is 1. The van der Waals surface area contributed by atoms with Gasteiger partial charge in [-0.25, -0.2) is 0 Å². The second-order valence-electron chi connectivity index (χ2n) is 6.19. The lowest BCUT2D eigenvalue weighted by Gasteiger charge is -2.09. The van der Waals surface area contributed by atoms with Gasteiger partial charge in [0.25, 0.3) is 0 Å². The van der Waals surface area contributed by atoms with E-state index in [1.807, 2.05) is 41.8 Å². The molecule has 1 heterocycles. The number of aryl methyl sites for hydroxylation is 1. The maximum atomic E-state index is 12.2. The molecule has 1 N–H and O–H groups in total. The zero-order valence-electron chi connectivity index (χ0n) is 15.7. The van der Waals surface area contributed by atoms with Crippen LogP contribution in [0.25, 0.3) is 0 Å². The van der Waals surface area contributed by atoms with Crippen LogP contribution in [0.5, 0.6) is 5.75 Å². The van der Waals surface area contributed by atoms with Crippen molar-refractivity contribution in [3.63, 3.8) is 0 Å². The van der Waals surface area contributed by atoms with Crippen LogP contribution in [0.3, 0.4) is 0 Å². The van der Waals surface area contributed by atoms with E-state index in [4.69, 9.17) is 0 Å². The van der Waals surface area contributed by atoms with Crippen molar-refractivity contribution in [2.45, 2.75) is 31.8 Å². The van der Waals surface area contributed by atoms with Gasteiger partial charge in [0.2, 0.25) is 5.91 Å². The van der Waals surface area contributed by atoms with Crippen LogP contribution in [0.4, 0.5) is 8.78 Å². The maximum absolute atomic E-state index is 12.2. The van der Waals surface area contributed by atoms with Gasteiger partial charge in [-0.2, -0.15) is 8.78 Å². The molecule has 0 aliphatic rings. The Kier molecular flexibility index (Phi) is 7.18. The van der Waals surface area contributed by atoms with E-state index in [0.29, 0.717) is 18.2 Å². The third-order valence-corrected chi connectivity index (χ3v) is 5.02. The number of ether oxygens (including phenoxy) is 1. The van der Waals surface area contributed by atoms with Gasteiger partial charge in [0, 0.05) is 6.54 Å². The summed E-state index contributed by atoms with van der Waals surface area (Å²) in [5, 5.41) is 11.7. The molecule has 152 valence electrons. The summed E-state index contributed by atoms with van der Waals surface area (Å²) in [4.78, 5) is 12.2. The Hall–Kier alpha value is -2.94. The number of aromatic nitrogens is 3. The highest BCUT2D eigenvalue weighted by Gasteiger charge is 2.12. The molecule has 9 heteroatoms. The Labute approximate surface area is 171 Å². The molecular formula is C20H20F2N4O2S. The number of benzene rings is 2. The number of hydrogen-bond donors (Lipinski definition) is 1. The minimum absolute atomic E-state index is 0.0822. The van der Waals surface area contributed by atoms with Gasteiger partial charge in [0.05, 0.1) is 12.3 Å². The van der Waals surface area contributed by atoms with Crippen molar-refractivity contribution in [3.8, 4) is 5.75 Å². The monoisotopic (exact) mass is 418 g/mol. The summed E-state index contributed by atoms with van der Waals surface area (Å²) >= 11 is 1.31. The lowest BCUT2D eigenvalue weighted by Crippen LogP contribution is -2.24. The van der Waals surface area contributed by atoms with E-state index in [1.165, 1.54) is 23.9 Å². The molecule has 0 spiro atoms. The standard InChI is InChI=1S/C20H20F2N4O2S/c1-14-24-25-20(26(14)12-16-5-3-2-4-6-16)29-13-18(27)23-11-15-7-9-17(10-8-15)28-19(21)22/h2-10,19H,11-13H2,1H3,(H,23,27). The first-order chi connectivity index (χ1) is 14.0. The number of halogens is 2. The average Bonchev–Trinajstić information content (AvgIpc) is 3.06. The fourth-order valence-electron chi connectivity index (χ4n) is 2.59. The van der Waals surface area contributed by atoms with E-state index >= 15 is 0 Å². The van der Waals surface area contributed by atoms with Crippen LogP contribution in [0.2, 0.25) is 0 Å². The third kappa shape index (κ3) is 6.28. The van der Waals surface area contributed by atoms with E-state index in [-0.39, 0.29) is 17.4 Å². The van der Waals surface area contributed by atoms with E-state index < -0.39 is 6.61 Å². The van der Waals surface area contributed by atoms with E-state index in [9.17, 15) is 13.6 Å². The van der Waals surface area contributed by atoms with Crippen LogP contribution in [0.1, 0.15) is 17.0 Å². The third-order valence-electron chi connectivity index (χ3n) is 4.06. The first-order valence-electron chi connectivity index (χ1n) is 8.88. The zero-order valence-corrected chi connectivity index (χ0v) is 16.5. The van der Waals surface area contributed by atoms with Crippen molar-refractivity contribution in [2.75, 3.05) is 5.75 Å². The van der Waals surface area contributed by atoms with Crippen molar-refractivity contribution >= 4 is 17.7 Å². The highest BCUT2D eigenvalue weighted by atomic mass is 32.2. The predicted octanol–water partition coefficient (Wildman–Crippen LogP) is 3.64. The Morgan fingerprint density at radius 3 is 2.52 bits per heavy atom.